The van der Waals surface area contributed by atoms with Crippen molar-refractivity contribution < 1.29 is 21.6 Å². The Morgan fingerprint density at radius 1 is 0.971 bits per heavy atom. The Kier molecular flexibility index (Phi) is 7.02. The second kappa shape index (κ2) is 9.32. The number of benzene rings is 1. The molecule has 0 radical (unpaired) electrons. The van der Waals surface area contributed by atoms with E-state index in [1.165, 1.54) is 42.6 Å². The third-order valence-corrected chi connectivity index (χ3v) is 6.78. The van der Waals surface area contributed by atoms with Crippen molar-refractivity contribution in [1.29, 1.82) is 0 Å². The van der Waals surface area contributed by atoms with E-state index in [1.54, 1.807) is 12.1 Å². The van der Waals surface area contributed by atoms with Crippen LogP contribution in [-0.4, -0.2) is 38.8 Å². The number of anilines is 2. The van der Waals surface area contributed by atoms with Gasteiger partial charge < -0.3 is 0 Å². The van der Waals surface area contributed by atoms with Gasteiger partial charge in [0.15, 0.2) is 0 Å². The smallest absolute Gasteiger partial charge is 0.261 e. The fourth-order valence-electron chi connectivity index (χ4n) is 2.97. The van der Waals surface area contributed by atoms with Crippen LogP contribution < -0.4 is 9.44 Å². The van der Waals surface area contributed by atoms with Crippen molar-refractivity contribution in [3.63, 3.8) is 0 Å². The maximum Gasteiger partial charge on any atom is 0.261 e. The standard InChI is InChI=1S/C22H23ClN4O5S2/c1-22(2,3)14-8-10-16(11-9-14)34(31,32)26-18-12-15(23)13-24-20(18)21(28)17-6-5-7-19(25-17)27-33(4,29)30/h5-13,26H,1-4H3,(H,25,27). The Morgan fingerprint density at radius 3 is 2.21 bits per heavy atom. The second-order valence-corrected chi connectivity index (χ2v) is 12.4. The number of hydrogen-bond donors (Lipinski definition) is 2. The van der Waals surface area contributed by atoms with Gasteiger partial charge in [-0.2, -0.15) is 0 Å². The maximum atomic E-state index is 13.1. The van der Waals surface area contributed by atoms with Crippen molar-refractivity contribution in [2.45, 2.75) is 31.1 Å². The molecular weight excluding hydrogens is 500 g/mol. The summed E-state index contributed by atoms with van der Waals surface area (Å²) in [7, 11) is -7.69. The molecule has 0 atom stereocenters. The van der Waals surface area contributed by atoms with Crippen LogP contribution in [-0.2, 0) is 25.5 Å². The van der Waals surface area contributed by atoms with Crippen LogP contribution in [0.4, 0.5) is 11.5 Å². The summed E-state index contributed by atoms with van der Waals surface area (Å²) in [6.45, 7) is 6.04. The molecular formula is C22H23ClN4O5S2. The van der Waals surface area contributed by atoms with Gasteiger partial charge in [-0.1, -0.05) is 50.6 Å². The third kappa shape index (κ3) is 6.31. The third-order valence-electron chi connectivity index (χ3n) is 4.62. The fourth-order valence-corrected chi connectivity index (χ4v) is 4.67. The summed E-state index contributed by atoms with van der Waals surface area (Å²) in [4.78, 5) is 21.1. The zero-order chi connectivity index (χ0) is 25.3. The van der Waals surface area contributed by atoms with E-state index >= 15 is 0 Å². The van der Waals surface area contributed by atoms with Crippen molar-refractivity contribution in [3.05, 3.63) is 76.7 Å². The van der Waals surface area contributed by atoms with E-state index in [1.807, 2.05) is 20.8 Å². The van der Waals surface area contributed by atoms with Crippen molar-refractivity contribution in [2.24, 2.45) is 0 Å². The molecule has 0 aliphatic heterocycles. The highest BCUT2D eigenvalue weighted by molar-refractivity contribution is 7.92. The Labute approximate surface area is 203 Å². The molecule has 0 amide bonds. The largest absolute Gasteiger partial charge is 0.285 e. The lowest BCUT2D eigenvalue weighted by Gasteiger charge is -2.19. The number of sulfonamides is 2. The van der Waals surface area contributed by atoms with Crippen molar-refractivity contribution in [2.75, 3.05) is 15.7 Å². The van der Waals surface area contributed by atoms with E-state index < -0.39 is 25.8 Å². The molecule has 0 unspecified atom stereocenters. The molecule has 2 heterocycles. The summed E-state index contributed by atoms with van der Waals surface area (Å²) in [6, 6.07) is 11.8. The predicted molar refractivity (Wildman–Crippen MR) is 131 cm³/mol. The lowest BCUT2D eigenvalue weighted by atomic mass is 9.87. The summed E-state index contributed by atoms with van der Waals surface area (Å²) < 4.78 is 53.5. The molecule has 2 N–H and O–H groups in total. The van der Waals surface area contributed by atoms with Gasteiger partial charge in [0, 0.05) is 6.20 Å². The zero-order valence-corrected chi connectivity index (χ0v) is 21.2. The van der Waals surface area contributed by atoms with Crippen LogP contribution in [0.5, 0.6) is 0 Å². The van der Waals surface area contributed by atoms with Gasteiger partial charge in [0.25, 0.3) is 10.0 Å². The Balaban J connectivity index is 1.97. The van der Waals surface area contributed by atoms with E-state index in [-0.39, 0.29) is 38.2 Å². The van der Waals surface area contributed by atoms with Gasteiger partial charge in [0.2, 0.25) is 15.8 Å². The Morgan fingerprint density at radius 2 is 1.62 bits per heavy atom. The molecule has 0 spiro atoms. The number of pyridine rings is 2. The molecule has 0 saturated heterocycles. The molecule has 0 aliphatic rings. The molecule has 0 bridgehead atoms. The first-order chi connectivity index (χ1) is 15.7. The summed E-state index contributed by atoms with van der Waals surface area (Å²) in [5, 5.41) is 0.109. The van der Waals surface area contributed by atoms with Crippen molar-refractivity contribution >= 4 is 48.9 Å². The molecule has 2 aromatic heterocycles. The fraction of sp³-hybridized carbons (Fsp3) is 0.227. The number of carbonyl (C=O) groups is 1. The maximum absolute atomic E-state index is 13.1. The summed E-state index contributed by atoms with van der Waals surface area (Å²) in [5.74, 6) is -0.794. The second-order valence-electron chi connectivity index (χ2n) is 8.54. The number of aromatic nitrogens is 2. The number of nitrogens with one attached hydrogen (secondary N) is 2. The minimum absolute atomic E-state index is 0.00338. The molecule has 12 heteroatoms. The van der Waals surface area contributed by atoms with Crippen LogP contribution in [0.2, 0.25) is 5.02 Å². The average molecular weight is 523 g/mol. The number of ketones is 1. The highest BCUT2D eigenvalue weighted by Gasteiger charge is 2.23. The van der Waals surface area contributed by atoms with Crippen molar-refractivity contribution in [1.82, 2.24) is 9.97 Å². The number of carbonyl (C=O) groups excluding carboxylic acids is 1. The quantitative estimate of drug-likeness (QED) is 0.450. The van der Waals surface area contributed by atoms with Crippen LogP contribution in [0.15, 0.2) is 59.6 Å². The van der Waals surface area contributed by atoms with Gasteiger partial charge in [0.05, 0.1) is 21.9 Å². The van der Waals surface area contributed by atoms with Crippen LogP contribution >= 0.6 is 11.6 Å². The van der Waals surface area contributed by atoms with E-state index in [4.69, 9.17) is 11.6 Å². The van der Waals surface area contributed by atoms with Crippen LogP contribution in [0.25, 0.3) is 0 Å². The summed E-state index contributed by atoms with van der Waals surface area (Å²) >= 11 is 6.01. The first-order valence-electron chi connectivity index (χ1n) is 9.94. The number of rotatable bonds is 7. The minimum atomic E-state index is -4.08. The lowest BCUT2D eigenvalue weighted by Crippen LogP contribution is -2.18. The van der Waals surface area contributed by atoms with E-state index in [2.05, 4.69) is 19.4 Å². The monoisotopic (exact) mass is 522 g/mol. The van der Waals surface area contributed by atoms with Gasteiger partial charge in [-0.15, -0.1) is 0 Å². The number of hydrogen-bond acceptors (Lipinski definition) is 7. The van der Waals surface area contributed by atoms with Gasteiger partial charge >= 0.3 is 0 Å². The highest BCUT2D eigenvalue weighted by atomic mass is 35.5. The van der Waals surface area contributed by atoms with Crippen molar-refractivity contribution in [3.8, 4) is 0 Å². The molecule has 0 fully saturated rings. The Bertz CT molecular complexity index is 1450. The number of nitrogens with zero attached hydrogens (tertiary/aromatic N) is 2. The van der Waals surface area contributed by atoms with Gasteiger partial charge in [-0.25, -0.2) is 26.8 Å². The van der Waals surface area contributed by atoms with Gasteiger partial charge in [-0.3, -0.25) is 14.2 Å². The molecule has 0 saturated carbocycles. The summed E-state index contributed by atoms with van der Waals surface area (Å²) in [6.07, 6.45) is 2.15. The first-order valence-corrected chi connectivity index (χ1v) is 13.7. The van der Waals surface area contributed by atoms with Crippen LogP contribution in [0.1, 0.15) is 42.5 Å². The molecule has 9 nitrogen and oxygen atoms in total. The topological polar surface area (TPSA) is 135 Å². The molecule has 180 valence electrons. The molecule has 34 heavy (non-hydrogen) atoms. The van der Waals surface area contributed by atoms with Crippen LogP contribution in [0, 0.1) is 0 Å². The predicted octanol–water partition coefficient (Wildman–Crippen LogP) is 3.83. The van der Waals surface area contributed by atoms with E-state index in [0.29, 0.717) is 0 Å². The zero-order valence-electron chi connectivity index (χ0n) is 18.8. The summed E-state index contributed by atoms with van der Waals surface area (Å²) in [5.41, 5.74) is 0.280. The Hall–Kier alpha value is -3.02. The van der Waals surface area contributed by atoms with Gasteiger partial charge in [0.1, 0.15) is 17.2 Å². The van der Waals surface area contributed by atoms with E-state index in [9.17, 15) is 21.6 Å². The highest BCUT2D eigenvalue weighted by Crippen LogP contribution is 2.27. The van der Waals surface area contributed by atoms with Gasteiger partial charge in [-0.05, 0) is 41.3 Å². The minimum Gasteiger partial charge on any atom is -0.285 e. The first kappa shape index (κ1) is 25.6. The SMILES string of the molecule is CC(C)(C)c1ccc(S(=O)(=O)Nc2cc(Cl)cnc2C(=O)c2cccc(NS(C)(=O)=O)n2)cc1. The average Bonchev–Trinajstić information content (AvgIpc) is 2.71. The molecule has 3 rings (SSSR count). The molecule has 1 aromatic carbocycles. The van der Waals surface area contributed by atoms with Crippen LogP contribution in [0.3, 0.4) is 0 Å². The number of halogens is 1. The lowest BCUT2D eigenvalue weighted by molar-refractivity contribution is 0.103. The van der Waals surface area contributed by atoms with E-state index in [0.717, 1.165) is 11.8 Å². The molecule has 3 aromatic rings. The normalized spacial score (nSPS) is 12.3. The molecule has 0 aliphatic carbocycles.